The molecule has 4 aromatic rings. The monoisotopic (exact) mass is 358 g/mol. The third kappa shape index (κ3) is 3.62. The molecule has 2 aromatic heterocycles. The summed E-state index contributed by atoms with van der Waals surface area (Å²) in [5, 5.41) is 14.0. The highest BCUT2D eigenvalue weighted by Crippen LogP contribution is 2.34. The van der Waals surface area contributed by atoms with E-state index in [2.05, 4.69) is 28.7 Å². The normalized spacial score (nSPS) is 12.2. The van der Waals surface area contributed by atoms with Gasteiger partial charge in [-0.2, -0.15) is 5.10 Å². The van der Waals surface area contributed by atoms with Crippen LogP contribution in [0.5, 0.6) is 5.75 Å². The summed E-state index contributed by atoms with van der Waals surface area (Å²) in [4.78, 5) is 4.73. The minimum Gasteiger partial charge on any atom is -0.508 e. The van der Waals surface area contributed by atoms with E-state index in [-0.39, 0.29) is 11.8 Å². The van der Waals surface area contributed by atoms with Crippen LogP contribution < -0.4 is 0 Å². The molecule has 0 saturated heterocycles. The number of hydrogen-bond donors (Lipinski definition) is 1. The average molecular weight is 358 g/mol. The van der Waals surface area contributed by atoms with Gasteiger partial charge in [-0.1, -0.05) is 30.3 Å². The molecule has 0 bridgehead atoms. The lowest BCUT2D eigenvalue weighted by atomic mass is 10.0. The molecule has 1 N–H and O–H groups in total. The fourth-order valence-corrected chi connectivity index (χ4v) is 3.30. The van der Waals surface area contributed by atoms with E-state index in [0.29, 0.717) is 0 Å². The molecule has 4 rings (SSSR count). The summed E-state index contributed by atoms with van der Waals surface area (Å²) in [5.41, 5.74) is 4.13. The lowest BCUT2D eigenvalue weighted by Crippen LogP contribution is -2.10. The lowest BCUT2D eigenvalue weighted by molar-refractivity contribution is 0.449. The number of hydrogen-bond acceptors (Lipinski definition) is 3. The second kappa shape index (κ2) is 7.50. The number of phenolic OH excluding ortho intramolecular Hbond substituents is 1. The van der Waals surface area contributed by atoms with Gasteiger partial charge in [0.05, 0.1) is 17.7 Å². The van der Waals surface area contributed by atoms with Gasteiger partial charge in [-0.15, -0.1) is 0 Å². The number of aryl methyl sites for hydroxylation is 1. The maximum atomic E-state index is 9.68. The van der Waals surface area contributed by atoms with Gasteiger partial charge in [0, 0.05) is 36.1 Å². The first-order valence-electron chi connectivity index (χ1n) is 9.11. The van der Waals surface area contributed by atoms with Crippen LogP contribution >= 0.6 is 0 Å². The SMILES string of the molecule is C[C@@H](CCn1cccn1)n1cnc(-c2ccccc2)c1-c1ccc(O)cc1. The van der Waals surface area contributed by atoms with E-state index in [1.165, 1.54) is 0 Å². The first kappa shape index (κ1) is 17.1. The fraction of sp³-hybridized carbons (Fsp3) is 0.182. The second-order valence-electron chi connectivity index (χ2n) is 6.67. The van der Waals surface area contributed by atoms with E-state index in [0.717, 1.165) is 35.5 Å². The Morgan fingerprint density at radius 3 is 2.44 bits per heavy atom. The smallest absolute Gasteiger partial charge is 0.115 e. The number of imidazole rings is 1. The van der Waals surface area contributed by atoms with Crippen molar-refractivity contribution >= 4 is 0 Å². The lowest BCUT2D eigenvalue weighted by Gasteiger charge is -2.18. The van der Waals surface area contributed by atoms with Gasteiger partial charge in [0.2, 0.25) is 0 Å². The summed E-state index contributed by atoms with van der Waals surface area (Å²) in [5.74, 6) is 0.262. The molecule has 0 aliphatic rings. The Hall–Kier alpha value is -3.34. The van der Waals surface area contributed by atoms with Gasteiger partial charge >= 0.3 is 0 Å². The van der Waals surface area contributed by atoms with E-state index in [1.807, 2.05) is 53.6 Å². The highest BCUT2D eigenvalue weighted by Gasteiger charge is 2.18. The van der Waals surface area contributed by atoms with Crippen LogP contribution in [0.25, 0.3) is 22.5 Å². The van der Waals surface area contributed by atoms with Crippen LogP contribution in [0.2, 0.25) is 0 Å². The Bertz CT molecular complexity index is 989. The first-order chi connectivity index (χ1) is 13.2. The standard InChI is InChI=1S/C22H22N4O/c1-17(12-15-25-14-5-13-24-25)26-16-23-21(18-6-3-2-4-7-18)22(26)19-8-10-20(27)11-9-19/h2-11,13-14,16-17,27H,12,15H2,1H3/t17-/m0/s1. The zero-order valence-electron chi connectivity index (χ0n) is 15.2. The maximum Gasteiger partial charge on any atom is 0.115 e. The van der Waals surface area contributed by atoms with Crippen molar-refractivity contribution in [3.63, 3.8) is 0 Å². The number of aromatic hydroxyl groups is 1. The van der Waals surface area contributed by atoms with Crippen LogP contribution in [-0.4, -0.2) is 24.4 Å². The molecule has 27 heavy (non-hydrogen) atoms. The molecule has 5 heteroatoms. The summed E-state index contributed by atoms with van der Waals surface area (Å²) in [6, 6.07) is 19.7. The van der Waals surface area contributed by atoms with Crippen molar-refractivity contribution in [3.8, 4) is 28.3 Å². The third-order valence-electron chi connectivity index (χ3n) is 4.79. The average Bonchev–Trinajstić information content (AvgIpc) is 3.37. The predicted molar refractivity (Wildman–Crippen MR) is 106 cm³/mol. The summed E-state index contributed by atoms with van der Waals surface area (Å²) in [6.45, 7) is 3.05. The number of aromatic nitrogens is 4. The molecular weight excluding hydrogens is 336 g/mol. The largest absolute Gasteiger partial charge is 0.508 e. The number of nitrogens with zero attached hydrogens (tertiary/aromatic N) is 4. The van der Waals surface area contributed by atoms with Gasteiger partial charge < -0.3 is 9.67 Å². The van der Waals surface area contributed by atoms with Crippen LogP contribution in [0.3, 0.4) is 0 Å². The van der Waals surface area contributed by atoms with E-state index in [9.17, 15) is 5.11 Å². The van der Waals surface area contributed by atoms with Crippen molar-refractivity contribution < 1.29 is 5.11 Å². The van der Waals surface area contributed by atoms with Crippen LogP contribution in [0.15, 0.2) is 79.4 Å². The van der Waals surface area contributed by atoms with Crippen LogP contribution in [0.1, 0.15) is 19.4 Å². The molecular formula is C22H22N4O. The molecule has 5 nitrogen and oxygen atoms in total. The van der Waals surface area contributed by atoms with Crippen molar-refractivity contribution in [2.75, 3.05) is 0 Å². The molecule has 0 radical (unpaired) electrons. The first-order valence-corrected chi connectivity index (χ1v) is 9.11. The third-order valence-corrected chi connectivity index (χ3v) is 4.79. The van der Waals surface area contributed by atoms with Crippen molar-refractivity contribution in [1.82, 2.24) is 19.3 Å². The summed E-state index contributed by atoms with van der Waals surface area (Å²) >= 11 is 0. The summed E-state index contributed by atoms with van der Waals surface area (Å²) < 4.78 is 4.17. The molecule has 0 spiro atoms. The van der Waals surface area contributed by atoms with Gasteiger partial charge in [0.15, 0.2) is 0 Å². The molecule has 136 valence electrons. The van der Waals surface area contributed by atoms with Crippen LogP contribution in [-0.2, 0) is 6.54 Å². The Kier molecular flexibility index (Phi) is 4.75. The highest BCUT2D eigenvalue weighted by molar-refractivity contribution is 5.78. The van der Waals surface area contributed by atoms with Gasteiger partial charge in [-0.05, 0) is 43.7 Å². The highest BCUT2D eigenvalue weighted by atomic mass is 16.3. The fourth-order valence-electron chi connectivity index (χ4n) is 3.30. The molecule has 0 fully saturated rings. The van der Waals surface area contributed by atoms with Crippen molar-refractivity contribution in [2.45, 2.75) is 25.9 Å². The molecule has 0 amide bonds. The predicted octanol–water partition coefficient (Wildman–Crippen LogP) is 4.77. The minimum absolute atomic E-state index is 0.253. The number of benzene rings is 2. The topological polar surface area (TPSA) is 55.9 Å². The van der Waals surface area contributed by atoms with E-state index in [1.54, 1.807) is 18.3 Å². The molecule has 0 saturated carbocycles. The van der Waals surface area contributed by atoms with Gasteiger partial charge in [0.25, 0.3) is 0 Å². The van der Waals surface area contributed by atoms with E-state index in [4.69, 9.17) is 4.98 Å². The Labute approximate surface area is 158 Å². The molecule has 0 unspecified atom stereocenters. The molecule has 2 aromatic carbocycles. The van der Waals surface area contributed by atoms with Gasteiger partial charge in [-0.3, -0.25) is 4.68 Å². The van der Waals surface area contributed by atoms with E-state index >= 15 is 0 Å². The van der Waals surface area contributed by atoms with Crippen molar-refractivity contribution in [3.05, 3.63) is 79.4 Å². The van der Waals surface area contributed by atoms with Crippen LogP contribution in [0.4, 0.5) is 0 Å². The number of rotatable bonds is 6. The van der Waals surface area contributed by atoms with Gasteiger partial charge in [0.1, 0.15) is 5.75 Å². The Morgan fingerprint density at radius 1 is 0.963 bits per heavy atom. The number of phenols is 1. The summed E-state index contributed by atoms with van der Waals surface area (Å²) in [7, 11) is 0. The Morgan fingerprint density at radius 2 is 1.74 bits per heavy atom. The zero-order valence-corrected chi connectivity index (χ0v) is 15.2. The van der Waals surface area contributed by atoms with Gasteiger partial charge in [-0.25, -0.2) is 4.98 Å². The quantitative estimate of drug-likeness (QED) is 0.540. The molecule has 0 aliphatic heterocycles. The zero-order chi connectivity index (χ0) is 18.6. The Balaban J connectivity index is 1.72. The van der Waals surface area contributed by atoms with E-state index < -0.39 is 0 Å². The molecule has 2 heterocycles. The second-order valence-corrected chi connectivity index (χ2v) is 6.67. The maximum absolute atomic E-state index is 9.68. The summed E-state index contributed by atoms with van der Waals surface area (Å²) in [6.07, 6.45) is 6.64. The van der Waals surface area contributed by atoms with Crippen molar-refractivity contribution in [2.24, 2.45) is 0 Å². The van der Waals surface area contributed by atoms with Crippen molar-refractivity contribution in [1.29, 1.82) is 0 Å². The minimum atomic E-state index is 0.253. The molecule has 1 atom stereocenters. The van der Waals surface area contributed by atoms with Crippen LogP contribution in [0, 0.1) is 0 Å². The molecule has 0 aliphatic carbocycles.